The lowest BCUT2D eigenvalue weighted by atomic mass is 10.2. The summed E-state index contributed by atoms with van der Waals surface area (Å²) >= 11 is 5.81. The molecule has 1 aromatic heterocycles. The first-order chi connectivity index (χ1) is 8.65. The van der Waals surface area contributed by atoms with Gasteiger partial charge in [-0.2, -0.15) is 0 Å². The molecule has 0 aliphatic rings. The van der Waals surface area contributed by atoms with Crippen LogP contribution in [0.5, 0.6) is 5.75 Å². The molecule has 0 N–H and O–H groups in total. The maximum Gasteiger partial charge on any atom is 0.170 e. The van der Waals surface area contributed by atoms with Crippen molar-refractivity contribution in [2.45, 2.75) is 27.0 Å². The van der Waals surface area contributed by atoms with Crippen LogP contribution in [-0.4, -0.2) is 14.8 Å². The Hall–Kier alpha value is -1.55. The normalized spacial score (nSPS) is 10.9. The second-order valence-electron chi connectivity index (χ2n) is 4.54. The van der Waals surface area contributed by atoms with E-state index in [2.05, 4.69) is 24.0 Å². The van der Waals surface area contributed by atoms with Crippen molar-refractivity contribution in [1.29, 1.82) is 0 Å². The minimum absolute atomic E-state index is 0.411. The van der Waals surface area contributed by atoms with Crippen LogP contribution in [-0.2, 0) is 13.2 Å². The molecule has 0 saturated carbocycles. The van der Waals surface area contributed by atoms with E-state index in [0.29, 0.717) is 17.5 Å². The molecular formula is C13H16ClN3O. The number of ether oxygens (including phenoxy) is 1. The van der Waals surface area contributed by atoms with Gasteiger partial charge in [-0.05, 0) is 30.2 Å². The van der Waals surface area contributed by atoms with Gasteiger partial charge in [0.1, 0.15) is 18.7 Å². The molecule has 0 aliphatic carbocycles. The smallest absolute Gasteiger partial charge is 0.170 e. The third-order valence-corrected chi connectivity index (χ3v) is 2.69. The molecule has 0 bridgehead atoms. The van der Waals surface area contributed by atoms with Crippen molar-refractivity contribution in [2.75, 3.05) is 0 Å². The number of benzene rings is 1. The molecule has 2 rings (SSSR count). The molecule has 0 atom stereocenters. The third-order valence-electron chi connectivity index (χ3n) is 2.44. The van der Waals surface area contributed by atoms with Gasteiger partial charge >= 0.3 is 0 Å². The van der Waals surface area contributed by atoms with E-state index in [1.807, 2.05) is 16.7 Å². The first-order valence-corrected chi connectivity index (χ1v) is 6.28. The number of hydrogen-bond acceptors (Lipinski definition) is 3. The molecule has 0 radical (unpaired) electrons. The Kier molecular flexibility index (Phi) is 4.20. The Labute approximate surface area is 112 Å². The molecule has 0 amide bonds. The molecule has 0 aliphatic heterocycles. The van der Waals surface area contributed by atoms with Crippen molar-refractivity contribution in [1.82, 2.24) is 14.8 Å². The summed E-state index contributed by atoms with van der Waals surface area (Å²) in [5, 5.41) is 8.68. The Morgan fingerprint density at radius 1 is 1.28 bits per heavy atom. The molecular weight excluding hydrogens is 250 g/mol. The van der Waals surface area contributed by atoms with E-state index >= 15 is 0 Å². The van der Waals surface area contributed by atoms with Gasteiger partial charge in [-0.15, -0.1) is 10.2 Å². The molecule has 96 valence electrons. The lowest BCUT2D eigenvalue weighted by Crippen LogP contribution is -2.10. The minimum atomic E-state index is 0.411. The largest absolute Gasteiger partial charge is 0.486 e. The van der Waals surface area contributed by atoms with Crippen LogP contribution in [0.3, 0.4) is 0 Å². The van der Waals surface area contributed by atoms with Crippen molar-refractivity contribution >= 4 is 11.6 Å². The number of nitrogens with zero attached hydrogens (tertiary/aromatic N) is 3. The van der Waals surface area contributed by atoms with Crippen LogP contribution in [0.4, 0.5) is 0 Å². The highest BCUT2D eigenvalue weighted by Crippen LogP contribution is 2.16. The van der Waals surface area contributed by atoms with Gasteiger partial charge in [-0.3, -0.25) is 0 Å². The van der Waals surface area contributed by atoms with Crippen LogP contribution < -0.4 is 4.74 Å². The zero-order valence-electron chi connectivity index (χ0n) is 10.5. The van der Waals surface area contributed by atoms with Crippen molar-refractivity contribution in [2.24, 2.45) is 5.92 Å². The summed E-state index contributed by atoms with van der Waals surface area (Å²) in [7, 11) is 0. The number of rotatable bonds is 5. The quantitative estimate of drug-likeness (QED) is 0.834. The summed E-state index contributed by atoms with van der Waals surface area (Å²) in [6.45, 7) is 5.62. The van der Waals surface area contributed by atoms with Gasteiger partial charge in [0.2, 0.25) is 0 Å². The van der Waals surface area contributed by atoms with Gasteiger partial charge in [-0.25, -0.2) is 0 Å². The Morgan fingerprint density at radius 2 is 2.00 bits per heavy atom. The lowest BCUT2D eigenvalue weighted by molar-refractivity contribution is 0.286. The molecule has 0 fully saturated rings. The van der Waals surface area contributed by atoms with Crippen LogP contribution in [0.25, 0.3) is 0 Å². The Balaban J connectivity index is 1.97. The minimum Gasteiger partial charge on any atom is -0.486 e. The zero-order chi connectivity index (χ0) is 13.0. The first kappa shape index (κ1) is 12.9. The summed E-state index contributed by atoms with van der Waals surface area (Å²) in [5.74, 6) is 2.16. The summed E-state index contributed by atoms with van der Waals surface area (Å²) in [4.78, 5) is 0. The van der Waals surface area contributed by atoms with Crippen LogP contribution in [0.1, 0.15) is 19.7 Å². The molecule has 0 unspecified atom stereocenters. The van der Waals surface area contributed by atoms with Crippen molar-refractivity contribution in [3.8, 4) is 5.75 Å². The molecule has 1 heterocycles. The second kappa shape index (κ2) is 5.87. The molecule has 0 spiro atoms. The molecule has 5 heteroatoms. The first-order valence-electron chi connectivity index (χ1n) is 5.90. The van der Waals surface area contributed by atoms with Crippen LogP contribution >= 0.6 is 11.6 Å². The fourth-order valence-corrected chi connectivity index (χ4v) is 1.74. The molecule has 18 heavy (non-hydrogen) atoms. The van der Waals surface area contributed by atoms with Gasteiger partial charge in [0.15, 0.2) is 5.82 Å². The predicted octanol–water partition coefficient (Wildman–Crippen LogP) is 3.17. The number of aromatic nitrogens is 3. The predicted molar refractivity (Wildman–Crippen MR) is 70.6 cm³/mol. The highest BCUT2D eigenvalue weighted by molar-refractivity contribution is 6.30. The third kappa shape index (κ3) is 3.47. The van der Waals surface area contributed by atoms with Gasteiger partial charge in [0.05, 0.1) is 0 Å². The molecule has 2 aromatic rings. The molecule has 1 aromatic carbocycles. The average molecular weight is 266 g/mol. The average Bonchev–Trinajstić information content (AvgIpc) is 2.75. The van der Waals surface area contributed by atoms with Crippen LogP contribution in [0.15, 0.2) is 30.6 Å². The van der Waals surface area contributed by atoms with Gasteiger partial charge in [0, 0.05) is 11.6 Å². The Bertz CT molecular complexity index is 493. The molecule has 0 saturated heterocycles. The number of halogens is 1. The topological polar surface area (TPSA) is 39.9 Å². The van der Waals surface area contributed by atoms with E-state index < -0.39 is 0 Å². The van der Waals surface area contributed by atoms with Gasteiger partial charge in [0.25, 0.3) is 0 Å². The van der Waals surface area contributed by atoms with Crippen LogP contribution in [0, 0.1) is 5.92 Å². The fourth-order valence-electron chi connectivity index (χ4n) is 1.62. The van der Waals surface area contributed by atoms with E-state index in [1.165, 1.54) is 0 Å². The van der Waals surface area contributed by atoms with Crippen molar-refractivity contribution in [3.05, 3.63) is 41.4 Å². The SMILES string of the molecule is CC(C)Cn1cnnc1COc1ccc(Cl)cc1. The van der Waals surface area contributed by atoms with E-state index in [0.717, 1.165) is 18.1 Å². The van der Waals surface area contributed by atoms with Crippen molar-refractivity contribution < 1.29 is 4.74 Å². The van der Waals surface area contributed by atoms with Gasteiger partial charge in [-0.1, -0.05) is 25.4 Å². The summed E-state index contributed by atoms with van der Waals surface area (Å²) in [5.41, 5.74) is 0. The maximum atomic E-state index is 5.81. The summed E-state index contributed by atoms with van der Waals surface area (Å²) < 4.78 is 7.66. The van der Waals surface area contributed by atoms with Crippen LogP contribution in [0.2, 0.25) is 5.02 Å². The highest BCUT2D eigenvalue weighted by Gasteiger charge is 2.06. The zero-order valence-corrected chi connectivity index (χ0v) is 11.3. The van der Waals surface area contributed by atoms with E-state index in [1.54, 1.807) is 18.5 Å². The highest BCUT2D eigenvalue weighted by atomic mass is 35.5. The number of hydrogen-bond donors (Lipinski definition) is 0. The van der Waals surface area contributed by atoms with Crippen molar-refractivity contribution in [3.63, 3.8) is 0 Å². The van der Waals surface area contributed by atoms with E-state index in [4.69, 9.17) is 16.3 Å². The van der Waals surface area contributed by atoms with E-state index in [-0.39, 0.29) is 0 Å². The standard InChI is InChI=1S/C13H16ClN3O/c1-10(2)7-17-9-15-16-13(17)8-18-12-5-3-11(14)4-6-12/h3-6,9-10H,7-8H2,1-2H3. The molecule has 4 nitrogen and oxygen atoms in total. The summed E-state index contributed by atoms with van der Waals surface area (Å²) in [6, 6.07) is 7.28. The van der Waals surface area contributed by atoms with E-state index in [9.17, 15) is 0 Å². The Morgan fingerprint density at radius 3 is 2.67 bits per heavy atom. The maximum absolute atomic E-state index is 5.81. The second-order valence-corrected chi connectivity index (χ2v) is 4.97. The summed E-state index contributed by atoms with van der Waals surface area (Å²) in [6.07, 6.45) is 1.74. The fraction of sp³-hybridized carbons (Fsp3) is 0.385. The lowest BCUT2D eigenvalue weighted by Gasteiger charge is -2.10. The van der Waals surface area contributed by atoms with Gasteiger partial charge < -0.3 is 9.30 Å². The monoisotopic (exact) mass is 265 g/mol.